The SMILES string of the molecule is CCN(CC)Cc1cccc(CNCC(C)C)c1. The zero-order chi connectivity index (χ0) is 13.4. The second-order valence-electron chi connectivity index (χ2n) is 5.31. The summed E-state index contributed by atoms with van der Waals surface area (Å²) in [5.74, 6) is 0.712. The van der Waals surface area contributed by atoms with E-state index in [9.17, 15) is 0 Å². The Morgan fingerprint density at radius 2 is 1.78 bits per heavy atom. The molecule has 0 saturated carbocycles. The van der Waals surface area contributed by atoms with E-state index < -0.39 is 0 Å². The average molecular weight is 248 g/mol. The molecule has 0 aromatic heterocycles. The van der Waals surface area contributed by atoms with E-state index >= 15 is 0 Å². The van der Waals surface area contributed by atoms with E-state index in [1.165, 1.54) is 11.1 Å². The summed E-state index contributed by atoms with van der Waals surface area (Å²) in [6, 6.07) is 8.93. The smallest absolute Gasteiger partial charge is 0.0233 e. The third-order valence-electron chi connectivity index (χ3n) is 3.17. The van der Waals surface area contributed by atoms with Crippen molar-refractivity contribution in [2.45, 2.75) is 40.8 Å². The summed E-state index contributed by atoms with van der Waals surface area (Å²) in [6.45, 7) is 14.3. The van der Waals surface area contributed by atoms with Crippen LogP contribution in [0.5, 0.6) is 0 Å². The number of benzene rings is 1. The molecule has 0 aliphatic carbocycles. The Balaban J connectivity index is 2.51. The van der Waals surface area contributed by atoms with Gasteiger partial charge in [-0.1, -0.05) is 52.0 Å². The van der Waals surface area contributed by atoms with Gasteiger partial charge in [0.05, 0.1) is 0 Å². The maximum absolute atomic E-state index is 3.50. The topological polar surface area (TPSA) is 15.3 Å². The second kappa shape index (κ2) is 8.28. The Hall–Kier alpha value is -0.860. The summed E-state index contributed by atoms with van der Waals surface area (Å²) in [4.78, 5) is 2.45. The fourth-order valence-corrected chi connectivity index (χ4v) is 2.05. The highest BCUT2D eigenvalue weighted by Gasteiger charge is 2.02. The summed E-state index contributed by atoms with van der Waals surface area (Å²) in [5, 5.41) is 3.50. The first-order valence-corrected chi connectivity index (χ1v) is 7.16. The molecule has 2 nitrogen and oxygen atoms in total. The van der Waals surface area contributed by atoms with Crippen molar-refractivity contribution in [3.05, 3.63) is 35.4 Å². The van der Waals surface area contributed by atoms with Crippen molar-refractivity contribution in [1.29, 1.82) is 0 Å². The summed E-state index contributed by atoms with van der Waals surface area (Å²) in [6.07, 6.45) is 0. The van der Waals surface area contributed by atoms with Crippen LogP contribution in [-0.4, -0.2) is 24.5 Å². The van der Waals surface area contributed by atoms with Crippen molar-refractivity contribution in [1.82, 2.24) is 10.2 Å². The van der Waals surface area contributed by atoms with Crippen molar-refractivity contribution in [3.8, 4) is 0 Å². The van der Waals surface area contributed by atoms with Gasteiger partial charge in [-0.05, 0) is 36.7 Å². The molecule has 1 rings (SSSR count). The highest BCUT2D eigenvalue weighted by atomic mass is 15.1. The molecule has 0 amide bonds. The Kier molecular flexibility index (Phi) is 6.99. The molecule has 0 atom stereocenters. The number of rotatable bonds is 8. The molecule has 0 aliphatic rings. The van der Waals surface area contributed by atoms with Crippen LogP contribution in [0.15, 0.2) is 24.3 Å². The van der Waals surface area contributed by atoms with Gasteiger partial charge < -0.3 is 5.32 Å². The van der Waals surface area contributed by atoms with Crippen LogP contribution in [0.4, 0.5) is 0 Å². The van der Waals surface area contributed by atoms with E-state index in [-0.39, 0.29) is 0 Å². The number of hydrogen-bond donors (Lipinski definition) is 1. The Labute approximate surface area is 112 Å². The van der Waals surface area contributed by atoms with Crippen LogP contribution in [0.1, 0.15) is 38.8 Å². The third-order valence-corrected chi connectivity index (χ3v) is 3.17. The molecule has 0 unspecified atom stereocenters. The van der Waals surface area contributed by atoms with Crippen LogP contribution in [0.25, 0.3) is 0 Å². The van der Waals surface area contributed by atoms with E-state index in [0.717, 1.165) is 32.7 Å². The largest absolute Gasteiger partial charge is 0.312 e. The van der Waals surface area contributed by atoms with Gasteiger partial charge in [0.1, 0.15) is 0 Å². The summed E-state index contributed by atoms with van der Waals surface area (Å²) in [7, 11) is 0. The predicted molar refractivity (Wildman–Crippen MR) is 79.6 cm³/mol. The number of nitrogens with zero attached hydrogens (tertiary/aromatic N) is 1. The van der Waals surface area contributed by atoms with E-state index in [1.807, 2.05) is 0 Å². The van der Waals surface area contributed by atoms with Gasteiger partial charge in [0, 0.05) is 13.1 Å². The lowest BCUT2D eigenvalue weighted by Gasteiger charge is -2.18. The van der Waals surface area contributed by atoms with Crippen molar-refractivity contribution in [3.63, 3.8) is 0 Å². The molecule has 0 heterocycles. The molecular weight excluding hydrogens is 220 g/mol. The van der Waals surface area contributed by atoms with Gasteiger partial charge in [0.2, 0.25) is 0 Å². The van der Waals surface area contributed by atoms with E-state index in [1.54, 1.807) is 0 Å². The van der Waals surface area contributed by atoms with Crippen LogP contribution in [0, 0.1) is 5.92 Å². The highest BCUT2D eigenvalue weighted by molar-refractivity contribution is 5.23. The molecule has 1 aromatic rings. The van der Waals surface area contributed by atoms with Crippen molar-refractivity contribution < 1.29 is 0 Å². The lowest BCUT2D eigenvalue weighted by atomic mass is 10.1. The zero-order valence-electron chi connectivity index (χ0n) is 12.4. The Morgan fingerprint density at radius 3 is 2.39 bits per heavy atom. The first kappa shape index (κ1) is 15.2. The molecule has 0 spiro atoms. The van der Waals surface area contributed by atoms with Crippen LogP contribution >= 0.6 is 0 Å². The summed E-state index contributed by atoms with van der Waals surface area (Å²) >= 11 is 0. The Morgan fingerprint density at radius 1 is 1.11 bits per heavy atom. The molecule has 0 bridgehead atoms. The summed E-state index contributed by atoms with van der Waals surface area (Å²) in [5.41, 5.74) is 2.81. The molecule has 1 aromatic carbocycles. The molecular formula is C16H28N2. The molecule has 18 heavy (non-hydrogen) atoms. The monoisotopic (exact) mass is 248 g/mol. The lowest BCUT2D eigenvalue weighted by molar-refractivity contribution is 0.296. The third kappa shape index (κ3) is 5.65. The molecule has 0 radical (unpaired) electrons. The van der Waals surface area contributed by atoms with E-state index in [2.05, 4.69) is 62.2 Å². The van der Waals surface area contributed by atoms with Gasteiger partial charge in [-0.15, -0.1) is 0 Å². The fourth-order valence-electron chi connectivity index (χ4n) is 2.05. The average Bonchev–Trinajstić information content (AvgIpc) is 2.36. The maximum atomic E-state index is 3.50. The summed E-state index contributed by atoms with van der Waals surface area (Å²) < 4.78 is 0. The van der Waals surface area contributed by atoms with Gasteiger partial charge in [-0.25, -0.2) is 0 Å². The quantitative estimate of drug-likeness (QED) is 0.759. The van der Waals surface area contributed by atoms with Gasteiger partial charge in [0.25, 0.3) is 0 Å². The molecule has 0 saturated heterocycles. The Bertz CT molecular complexity index is 330. The number of hydrogen-bond acceptors (Lipinski definition) is 2. The number of nitrogens with one attached hydrogen (secondary N) is 1. The van der Waals surface area contributed by atoms with Gasteiger partial charge in [0.15, 0.2) is 0 Å². The van der Waals surface area contributed by atoms with E-state index in [4.69, 9.17) is 0 Å². The predicted octanol–water partition coefficient (Wildman–Crippen LogP) is 3.27. The fraction of sp³-hybridized carbons (Fsp3) is 0.625. The first-order chi connectivity index (χ1) is 8.65. The minimum Gasteiger partial charge on any atom is -0.312 e. The molecule has 0 aliphatic heterocycles. The molecule has 1 N–H and O–H groups in total. The zero-order valence-corrected chi connectivity index (χ0v) is 12.4. The molecule has 2 heteroatoms. The maximum Gasteiger partial charge on any atom is 0.0233 e. The van der Waals surface area contributed by atoms with Gasteiger partial charge >= 0.3 is 0 Å². The van der Waals surface area contributed by atoms with Crippen molar-refractivity contribution in [2.75, 3.05) is 19.6 Å². The van der Waals surface area contributed by atoms with E-state index in [0.29, 0.717) is 5.92 Å². The van der Waals surface area contributed by atoms with Crippen molar-refractivity contribution in [2.24, 2.45) is 5.92 Å². The van der Waals surface area contributed by atoms with Crippen LogP contribution in [0.3, 0.4) is 0 Å². The van der Waals surface area contributed by atoms with Gasteiger partial charge in [-0.2, -0.15) is 0 Å². The van der Waals surface area contributed by atoms with Gasteiger partial charge in [-0.3, -0.25) is 4.90 Å². The minimum absolute atomic E-state index is 0.712. The minimum atomic E-state index is 0.712. The molecule has 102 valence electrons. The van der Waals surface area contributed by atoms with Crippen molar-refractivity contribution >= 4 is 0 Å². The van der Waals surface area contributed by atoms with Crippen LogP contribution in [0.2, 0.25) is 0 Å². The first-order valence-electron chi connectivity index (χ1n) is 7.16. The standard InChI is InChI=1S/C16H28N2/c1-5-18(6-2)13-16-9-7-8-15(10-16)12-17-11-14(3)4/h7-10,14,17H,5-6,11-13H2,1-4H3. The van der Waals surface area contributed by atoms with Crippen LogP contribution in [-0.2, 0) is 13.1 Å². The lowest BCUT2D eigenvalue weighted by Crippen LogP contribution is -2.22. The second-order valence-corrected chi connectivity index (χ2v) is 5.31. The highest BCUT2D eigenvalue weighted by Crippen LogP contribution is 2.08. The normalized spacial score (nSPS) is 11.4. The molecule has 0 fully saturated rings. The van der Waals surface area contributed by atoms with Crippen LogP contribution < -0.4 is 5.32 Å².